The van der Waals surface area contributed by atoms with Crippen LogP contribution in [0.2, 0.25) is 5.15 Å². The van der Waals surface area contributed by atoms with Gasteiger partial charge in [0.15, 0.2) is 22.6 Å². The van der Waals surface area contributed by atoms with E-state index in [9.17, 15) is 22.4 Å². The van der Waals surface area contributed by atoms with Gasteiger partial charge in [0.2, 0.25) is 5.82 Å². The number of hydrogen-bond donors (Lipinski definition) is 0. The van der Waals surface area contributed by atoms with Crippen molar-refractivity contribution in [3.05, 3.63) is 137 Å². The van der Waals surface area contributed by atoms with E-state index < -0.39 is 29.4 Å². The molecule has 0 bridgehead atoms. The summed E-state index contributed by atoms with van der Waals surface area (Å²) in [4.78, 5) is 29.7. The van der Waals surface area contributed by atoms with Crippen LogP contribution in [0.25, 0.3) is 45.8 Å². The zero-order valence-electron chi connectivity index (χ0n) is 33.5. The van der Waals surface area contributed by atoms with Crippen LogP contribution in [-0.4, -0.2) is 85.6 Å². The van der Waals surface area contributed by atoms with Gasteiger partial charge in [0.25, 0.3) is 5.88 Å². The molecule has 0 radical (unpaired) electrons. The fraction of sp³-hybridized carbons (Fsp3) is 0.214. The quantitative estimate of drug-likeness (QED) is 0.0947. The van der Waals surface area contributed by atoms with Crippen molar-refractivity contribution in [3.63, 3.8) is 0 Å². The maximum atomic E-state index is 14.5. The second-order valence-electron chi connectivity index (χ2n) is 14.9. The molecule has 21 heteroatoms. The molecule has 6 aromatic heterocycles. The maximum Gasteiger partial charge on any atom is 0.410 e. The summed E-state index contributed by atoms with van der Waals surface area (Å²) in [6, 6.07) is 19.3. The number of rotatable bonds is 10. The van der Waals surface area contributed by atoms with Crippen LogP contribution in [0.5, 0.6) is 5.88 Å². The van der Waals surface area contributed by atoms with Gasteiger partial charge < -0.3 is 23.4 Å². The lowest BCUT2D eigenvalue weighted by molar-refractivity contribution is -0.0241. The summed E-state index contributed by atoms with van der Waals surface area (Å²) < 4.78 is 80.0. The smallest absolute Gasteiger partial charge is 0.410 e. The van der Waals surface area contributed by atoms with Gasteiger partial charge in [0, 0.05) is 23.3 Å². The third kappa shape index (κ3) is 9.86. The normalized spacial score (nSPS) is 12.7. The Morgan fingerprint density at radius 1 is 0.714 bits per heavy atom. The van der Waals surface area contributed by atoms with Crippen LogP contribution in [0.3, 0.4) is 0 Å². The van der Waals surface area contributed by atoms with Crippen molar-refractivity contribution < 1.29 is 40.9 Å². The van der Waals surface area contributed by atoms with E-state index in [1.54, 1.807) is 90.8 Å². The monoisotopic (exact) mass is 883 g/mol. The highest BCUT2D eigenvalue weighted by atomic mass is 35.5. The van der Waals surface area contributed by atoms with Crippen LogP contribution >= 0.6 is 11.6 Å². The minimum absolute atomic E-state index is 0.108. The first-order valence-corrected chi connectivity index (χ1v) is 19.5. The molecule has 0 unspecified atom stereocenters. The fourth-order valence-corrected chi connectivity index (χ4v) is 6.27. The second-order valence-corrected chi connectivity index (χ2v) is 15.3. The highest BCUT2D eigenvalue weighted by Crippen LogP contribution is 2.29. The first-order valence-electron chi connectivity index (χ1n) is 19.1. The van der Waals surface area contributed by atoms with E-state index in [0.29, 0.717) is 45.3 Å². The minimum atomic E-state index is -0.748. The number of likely N-dealkylation sites (tertiary alicyclic amines) is 1. The van der Waals surface area contributed by atoms with Crippen LogP contribution in [0.15, 0.2) is 107 Å². The largest absolute Gasteiger partial charge is 0.468 e. The summed E-state index contributed by atoms with van der Waals surface area (Å²) in [5.74, 6) is -2.20. The number of aromatic nitrogens is 10. The highest BCUT2D eigenvalue weighted by Gasteiger charge is 2.36. The zero-order valence-corrected chi connectivity index (χ0v) is 34.2. The SMILES string of the molecule is CC(C)(C)OC(=O)N1CC(Oc2nc(-c3cc(-c4ccon4)n(Cc4ccccc4F)n3)ncc2F)C1.Fc1ccccc1Cn1nc(-c2ncc(F)c(Cl)n2)cc1-c1ccon1. The van der Waals surface area contributed by atoms with E-state index in [-0.39, 0.29) is 60.5 Å². The molecule has 63 heavy (non-hydrogen) atoms. The second kappa shape index (κ2) is 17.9. The maximum absolute atomic E-state index is 14.5. The third-order valence-electron chi connectivity index (χ3n) is 9.17. The standard InChI is InChI=1S/C25H24F2N6O4.C17H10ClF2N5O/c1-25(2,3)37-24(34)32-13-16(14-32)36-23-18(27)11-28-22(29-23)20-10-21(19-8-9-35-31-19)33(30-20)12-15-6-4-5-7-17(15)26;18-16-12(20)8-21-17(22-16)14-7-15(13-5-6-26-24-13)25(23-14)9-10-3-1-2-4-11(10)19/h4-11,16H,12-14H2,1-3H3;1-8H,9H2. The Kier molecular flexibility index (Phi) is 12.0. The van der Waals surface area contributed by atoms with Gasteiger partial charge >= 0.3 is 6.09 Å². The van der Waals surface area contributed by atoms with E-state index in [1.807, 2.05) is 0 Å². The van der Waals surface area contributed by atoms with Crippen LogP contribution in [0.4, 0.5) is 22.4 Å². The molecule has 0 saturated carbocycles. The molecular weight excluding hydrogens is 850 g/mol. The Morgan fingerprint density at radius 3 is 1.70 bits per heavy atom. The molecule has 16 nitrogen and oxygen atoms in total. The average Bonchev–Trinajstić information content (AvgIpc) is 4.07. The molecule has 0 atom stereocenters. The van der Waals surface area contributed by atoms with E-state index in [4.69, 9.17) is 30.1 Å². The molecule has 2 aromatic carbocycles. The molecule has 322 valence electrons. The summed E-state index contributed by atoms with van der Waals surface area (Å²) in [6.45, 7) is 6.08. The Balaban J connectivity index is 0.000000184. The molecule has 1 fully saturated rings. The Labute approximate surface area is 360 Å². The lowest BCUT2D eigenvalue weighted by Gasteiger charge is -2.39. The molecule has 9 rings (SSSR count). The number of nitrogens with zero attached hydrogens (tertiary/aromatic N) is 11. The predicted octanol–water partition coefficient (Wildman–Crippen LogP) is 8.29. The lowest BCUT2D eigenvalue weighted by atomic mass is 10.2. The topological polar surface area (TPSA) is 178 Å². The van der Waals surface area contributed by atoms with Gasteiger partial charge in [-0.2, -0.15) is 19.6 Å². The summed E-state index contributed by atoms with van der Waals surface area (Å²) in [5, 5.41) is 16.5. The number of carbonyl (C=O) groups excluding carboxylic acids is 1. The van der Waals surface area contributed by atoms with Crippen molar-refractivity contribution >= 4 is 17.7 Å². The van der Waals surface area contributed by atoms with Gasteiger partial charge in [0.05, 0.1) is 50.0 Å². The van der Waals surface area contributed by atoms with Gasteiger partial charge in [-0.15, -0.1) is 0 Å². The molecule has 0 N–H and O–H groups in total. The van der Waals surface area contributed by atoms with Crippen LogP contribution in [0, 0.1) is 23.3 Å². The summed E-state index contributed by atoms with van der Waals surface area (Å²) in [7, 11) is 0. The van der Waals surface area contributed by atoms with E-state index >= 15 is 0 Å². The minimum Gasteiger partial charge on any atom is -0.468 e. The lowest BCUT2D eigenvalue weighted by Crippen LogP contribution is -2.57. The van der Waals surface area contributed by atoms with Crippen LogP contribution in [0.1, 0.15) is 31.9 Å². The summed E-state index contributed by atoms with van der Waals surface area (Å²) in [6.07, 6.45) is 3.88. The molecule has 1 amide bonds. The van der Waals surface area contributed by atoms with E-state index in [0.717, 1.165) is 12.4 Å². The van der Waals surface area contributed by atoms with Crippen LogP contribution < -0.4 is 4.74 Å². The Morgan fingerprint density at radius 2 is 1.22 bits per heavy atom. The Bertz CT molecular complexity index is 2860. The van der Waals surface area contributed by atoms with Gasteiger partial charge in [-0.05, 0) is 45.0 Å². The first kappa shape index (κ1) is 42.2. The predicted molar refractivity (Wildman–Crippen MR) is 216 cm³/mol. The van der Waals surface area contributed by atoms with Gasteiger partial charge in [-0.1, -0.05) is 58.3 Å². The van der Waals surface area contributed by atoms with Crippen molar-refractivity contribution in [1.29, 1.82) is 0 Å². The number of hydrogen-bond acceptors (Lipinski definition) is 13. The highest BCUT2D eigenvalue weighted by molar-refractivity contribution is 6.29. The molecule has 1 aliphatic heterocycles. The van der Waals surface area contributed by atoms with Gasteiger partial charge in [-0.25, -0.2) is 32.9 Å². The summed E-state index contributed by atoms with van der Waals surface area (Å²) >= 11 is 5.72. The van der Waals surface area contributed by atoms with Crippen molar-refractivity contribution in [2.45, 2.75) is 45.6 Å². The number of benzene rings is 2. The molecular formula is C42H34ClF4N11O5. The van der Waals surface area contributed by atoms with Crippen molar-refractivity contribution in [1.82, 2.24) is 54.7 Å². The number of halogens is 5. The molecule has 7 heterocycles. The molecule has 0 spiro atoms. The zero-order chi connectivity index (χ0) is 44.3. The fourth-order valence-electron chi connectivity index (χ4n) is 6.14. The average molecular weight is 884 g/mol. The van der Waals surface area contributed by atoms with Crippen molar-refractivity contribution in [2.75, 3.05) is 13.1 Å². The van der Waals surface area contributed by atoms with Gasteiger partial charge in [-0.3, -0.25) is 9.36 Å². The van der Waals surface area contributed by atoms with E-state index in [2.05, 4.69) is 40.4 Å². The molecule has 8 aromatic rings. The molecule has 1 aliphatic rings. The Hall–Kier alpha value is -7.48. The number of ether oxygens (including phenoxy) is 2. The molecule has 0 aliphatic carbocycles. The van der Waals surface area contributed by atoms with Crippen molar-refractivity contribution in [3.8, 4) is 51.7 Å². The van der Waals surface area contributed by atoms with Crippen LogP contribution in [-0.2, 0) is 17.8 Å². The number of amides is 1. The van der Waals surface area contributed by atoms with E-state index in [1.165, 1.54) is 29.6 Å². The number of carbonyl (C=O) groups is 1. The third-order valence-corrected chi connectivity index (χ3v) is 9.43. The van der Waals surface area contributed by atoms with Crippen molar-refractivity contribution in [2.24, 2.45) is 0 Å². The molecule has 1 saturated heterocycles. The summed E-state index contributed by atoms with van der Waals surface area (Å²) in [5.41, 5.74) is 3.01. The first-order chi connectivity index (χ1) is 30.3. The van der Waals surface area contributed by atoms with Gasteiger partial charge in [0.1, 0.15) is 58.6 Å².